The van der Waals surface area contributed by atoms with Crippen molar-refractivity contribution in [3.05, 3.63) is 0 Å². The first-order valence-electron chi connectivity index (χ1n) is 6.06. The van der Waals surface area contributed by atoms with Gasteiger partial charge in [-0.1, -0.05) is 0 Å². The van der Waals surface area contributed by atoms with Crippen molar-refractivity contribution in [1.29, 1.82) is 0 Å². The fourth-order valence-corrected chi connectivity index (χ4v) is 2.04. The minimum atomic E-state index is 0.351. The SMILES string of the molecule is CC(C)OCCCN1[C@H](C)COC[C@H]1C. The van der Waals surface area contributed by atoms with Gasteiger partial charge in [-0.25, -0.2) is 0 Å². The lowest BCUT2D eigenvalue weighted by Gasteiger charge is -2.38. The summed E-state index contributed by atoms with van der Waals surface area (Å²) in [6.45, 7) is 12.4. The molecule has 1 fully saturated rings. The second kappa shape index (κ2) is 6.46. The predicted octanol–water partition coefficient (Wildman–Crippen LogP) is 1.91. The molecule has 0 aromatic rings. The smallest absolute Gasteiger partial charge is 0.0620 e. The quantitative estimate of drug-likeness (QED) is 0.654. The van der Waals surface area contributed by atoms with Gasteiger partial charge in [0.1, 0.15) is 0 Å². The van der Waals surface area contributed by atoms with E-state index in [0.717, 1.165) is 32.8 Å². The van der Waals surface area contributed by atoms with Crippen LogP contribution in [-0.2, 0) is 9.47 Å². The van der Waals surface area contributed by atoms with Crippen molar-refractivity contribution < 1.29 is 9.47 Å². The summed E-state index contributed by atoms with van der Waals surface area (Å²) >= 11 is 0. The van der Waals surface area contributed by atoms with E-state index >= 15 is 0 Å². The van der Waals surface area contributed by atoms with E-state index < -0.39 is 0 Å². The molecular formula is C12H25NO2. The van der Waals surface area contributed by atoms with Crippen molar-refractivity contribution >= 4 is 0 Å². The topological polar surface area (TPSA) is 21.7 Å². The summed E-state index contributed by atoms with van der Waals surface area (Å²) in [6.07, 6.45) is 1.47. The standard InChI is InChI=1S/C12H25NO2/c1-10(2)15-7-5-6-13-11(3)8-14-9-12(13)4/h10-12H,5-9H2,1-4H3/t11-,12-/m1/s1. The Morgan fingerprint density at radius 1 is 1.27 bits per heavy atom. The third-order valence-corrected chi connectivity index (χ3v) is 2.86. The molecule has 0 aromatic carbocycles. The van der Waals surface area contributed by atoms with Crippen molar-refractivity contribution in [2.24, 2.45) is 0 Å². The summed E-state index contributed by atoms with van der Waals surface area (Å²) in [5.74, 6) is 0. The molecule has 0 amide bonds. The van der Waals surface area contributed by atoms with E-state index in [9.17, 15) is 0 Å². The van der Waals surface area contributed by atoms with Gasteiger partial charge in [0.05, 0.1) is 19.3 Å². The molecule has 0 radical (unpaired) electrons. The van der Waals surface area contributed by atoms with E-state index in [1.807, 2.05) is 0 Å². The van der Waals surface area contributed by atoms with Crippen molar-refractivity contribution in [3.63, 3.8) is 0 Å². The molecule has 1 aliphatic heterocycles. The van der Waals surface area contributed by atoms with E-state index in [4.69, 9.17) is 9.47 Å². The molecule has 0 saturated carbocycles. The van der Waals surface area contributed by atoms with Gasteiger partial charge < -0.3 is 9.47 Å². The highest BCUT2D eigenvalue weighted by atomic mass is 16.5. The molecule has 0 aliphatic carbocycles. The first kappa shape index (κ1) is 12.9. The molecule has 1 saturated heterocycles. The Morgan fingerprint density at radius 2 is 1.87 bits per heavy atom. The molecule has 1 rings (SSSR count). The van der Waals surface area contributed by atoms with Gasteiger partial charge in [0.2, 0.25) is 0 Å². The normalized spacial score (nSPS) is 28.6. The number of morpholine rings is 1. The minimum Gasteiger partial charge on any atom is -0.379 e. The van der Waals surface area contributed by atoms with Gasteiger partial charge in [-0.05, 0) is 34.1 Å². The highest BCUT2D eigenvalue weighted by Gasteiger charge is 2.24. The van der Waals surface area contributed by atoms with Gasteiger partial charge >= 0.3 is 0 Å². The molecule has 2 atom stereocenters. The first-order valence-corrected chi connectivity index (χ1v) is 6.06. The summed E-state index contributed by atoms with van der Waals surface area (Å²) in [5.41, 5.74) is 0. The monoisotopic (exact) mass is 215 g/mol. The largest absolute Gasteiger partial charge is 0.379 e. The third kappa shape index (κ3) is 4.49. The lowest BCUT2D eigenvalue weighted by Crippen LogP contribution is -2.49. The van der Waals surface area contributed by atoms with Crippen LogP contribution in [0.3, 0.4) is 0 Å². The van der Waals surface area contributed by atoms with Crippen LogP contribution in [0.25, 0.3) is 0 Å². The predicted molar refractivity (Wildman–Crippen MR) is 62.2 cm³/mol. The molecular weight excluding hydrogens is 190 g/mol. The lowest BCUT2D eigenvalue weighted by atomic mass is 10.1. The van der Waals surface area contributed by atoms with Gasteiger partial charge in [-0.15, -0.1) is 0 Å². The van der Waals surface area contributed by atoms with E-state index in [2.05, 4.69) is 32.6 Å². The van der Waals surface area contributed by atoms with Crippen molar-refractivity contribution in [1.82, 2.24) is 4.90 Å². The van der Waals surface area contributed by atoms with Crippen LogP contribution in [0.15, 0.2) is 0 Å². The fraction of sp³-hybridized carbons (Fsp3) is 1.00. The van der Waals surface area contributed by atoms with Crippen LogP contribution >= 0.6 is 0 Å². The molecule has 3 nitrogen and oxygen atoms in total. The molecule has 0 N–H and O–H groups in total. The molecule has 0 aromatic heterocycles. The summed E-state index contributed by atoms with van der Waals surface area (Å²) in [5, 5.41) is 0. The maximum Gasteiger partial charge on any atom is 0.0620 e. The molecule has 90 valence electrons. The van der Waals surface area contributed by atoms with Gasteiger partial charge in [0.25, 0.3) is 0 Å². The zero-order valence-corrected chi connectivity index (χ0v) is 10.5. The molecule has 0 spiro atoms. The van der Waals surface area contributed by atoms with E-state index in [-0.39, 0.29) is 0 Å². The molecule has 1 aliphatic rings. The van der Waals surface area contributed by atoms with Gasteiger partial charge in [-0.2, -0.15) is 0 Å². The van der Waals surface area contributed by atoms with Crippen molar-refractivity contribution in [2.45, 2.75) is 52.3 Å². The number of hydrogen-bond acceptors (Lipinski definition) is 3. The molecule has 0 unspecified atom stereocenters. The van der Waals surface area contributed by atoms with Crippen LogP contribution in [0, 0.1) is 0 Å². The molecule has 1 heterocycles. The van der Waals surface area contributed by atoms with Crippen LogP contribution < -0.4 is 0 Å². The van der Waals surface area contributed by atoms with Crippen LogP contribution in [-0.4, -0.2) is 49.5 Å². The Balaban J connectivity index is 2.17. The van der Waals surface area contributed by atoms with Crippen LogP contribution in [0.4, 0.5) is 0 Å². The van der Waals surface area contributed by atoms with Crippen molar-refractivity contribution in [2.75, 3.05) is 26.4 Å². The zero-order valence-electron chi connectivity index (χ0n) is 10.5. The lowest BCUT2D eigenvalue weighted by molar-refractivity contribution is -0.0410. The minimum absolute atomic E-state index is 0.351. The number of ether oxygens (including phenoxy) is 2. The first-order chi connectivity index (χ1) is 7.11. The maximum atomic E-state index is 5.55. The van der Waals surface area contributed by atoms with Gasteiger partial charge in [0, 0.05) is 25.2 Å². The van der Waals surface area contributed by atoms with Crippen molar-refractivity contribution in [3.8, 4) is 0 Å². The van der Waals surface area contributed by atoms with Gasteiger partial charge in [-0.3, -0.25) is 4.90 Å². The van der Waals surface area contributed by atoms with E-state index in [1.165, 1.54) is 0 Å². The number of nitrogens with zero attached hydrogens (tertiary/aromatic N) is 1. The number of hydrogen-bond donors (Lipinski definition) is 0. The maximum absolute atomic E-state index is 5.55. The summed E-state index contributed by atoms with van der Waals surface area (Å²) in [6, 6.07) is 1.10. The summed E-state index contributed by atoms with van der Waals surface area (Å²) < 4.78 is 11.0. The third-order valence-electron chi connectivity index (χ3n) is 2.86. The molecule has 0 bridgehead atoms. The average molecular weight is 215 g/mol. The Hall–Kier alpha value is -0.120. The average Bonchev–Trinajstić information content (AvgIpc) is 2.15. The second-order valence-corrected chi connectivity index (χ2v) is 4.75. The number of rotatable bonds is 5. The van der Waals surface area contributed by atoms with E-state index in [0.29, 0.717) is 18.2 Å². The summed E-state index contributed by atoms with van der Waals surface area (Å²) in [4.78, 5) is 2.52. The highest BCUT2D eigenvalue weighted by molar-refractivity contribution is 4.77. The van der Waals surface area contributed by atoms with Crippen LogP contribution in [0.2, 0.25) is 0 Å². The Bertz CT molecular complexity index is 163. The van der Waals surface area contributed by atoms with Crippen LogP contribution in [0.5, 0.6) is 0 Å². The second-order valence-electron chi connectivity index (χ2n) is 4.75. The molecule has 3 heteroatoms. The fourth-order valence-electron chi connectivity index (χ4n) is 2.04. The zero-order chi connectivity index (χ0) is 11.3. The highest BCUT2D eigenvalue weighted by Crippen LogP contribution is 2.13. The van der Waals surface area contributed by atoms with E-state index in [1.54, 1.807) is 0 Å². The molecule has 15 heavy (non-hydrogen) atoms. The Labute approximate surface area is 93.7 Å². The summed E-state index contributed by atoms with van der Waals surface area (Å²) in [7, 11) is 0. The Morgan fingerprint density at radius 3 is 2.40 bits per heavy atom. The van der Waals surface area contributed by atoms with Gasteiger partial charge in [0.15, 0.2) is 0 Å². The Kier molecular flexibility index (Phi) is 5.58. The van der Waals surface area contributed by atoms with Crippen LogP contribution in [0.1, 0.15) is 34.1 Å².